The van der Waals surface area contributed by atoms with Gasteiger partial charge in [0.25, 0.3) is 0 Å². The first kappa shape index (κ1) is 13.2. The smallest absolute Gasteiger partial charge is 0.0491 e. The number of hydrogen-bond donors (Lipinski definition) is 1. The normalized spacial score (nSPS) is 12.3. The van der Waals surface area contributed by atoms with Gasteiger partial charge in [0.05, 0.1) is 0 Å². The molecule has 104 valence electrons. The Balaban J connectivity index is 2.03. The summed E-state index contributed by atoms with van der Waals surface area (Å²) in [6, 6.07) is 17.3. The number of para-hydroxylation sites is 2. The van der Waals surface area contributed by atoms with Gasteiger partial charge in [-0.2, -0.15) is 0 Å². The van der Waals surface area contributed by atoms with Crippen LogP contribution in [-0.4, -0.2) is 16.7 Å². The van der Waals surface area contributed by atoms with E-state index in [-0.39, 0.29) is 5.54 Å². The zero-order valence-electron chi connectivity index (χ0n) is 12.5. The lowest BCUT2D eigenvalue weighted by Crippen LogP contribution is -2.37. The minimum Gasteiger partial charge on any atom is -0.339 e. The van der Waals surface area contributed by atoms with Gasteiger partial charge in [-0.25, -0.2) is 0 Å². The van der Waals surface area contributed by atoms with Gasteiger partial charge in [-0.1, -0.05) is 36.4 Å². The van der Waals surface area contributed by atoms with Crippen LogP contribution in [-0.2, 0) is 6.54 Å². The first-order valence-corrected chi connectivity index (χ1v) is 7.27. The molecule has 20 heavy (non-hydrogen) atoms. The van der Waals surface area contributed by atoms with E-state index in [0.29, 0.717) is 0 Å². The molecule has 2 heteroatoms. The summed E-state index contributed by atoms with van der Waals surface area (Å²) in [5, 5.41) is 6.26. The van der Waals surface area contributed by atoms with Crippen molar-refractivity contribution in [2.75, 3.05) is 6.54 Å². The summed E-state index contributed by atoms with van der Waals surface area (Å²) in [6.07, 6.45) is 0. The van der Waals surface area contributed by atoms with Gasteiger partial charge in [0, 0.05) is 40.4 Å². The average molecular weight is 266 g/mol. The standard InChI is InChI=1S/C18H22N2/c1-18(2,3)19-12-13-20-16-10-6-4-8-14(16)15-9-5-7-11-17(15)20/h4-11,19H,12-13H2,1-3H3. The van der Waals surface area contributed by atoms with Crippen LogP contribution in [0.5, 0.6) is 0 Å². The summed E-state index contributed by atoms with van der Waals surface area (Å²) in [4.78, 5) is 0. The minimum absolute atomic E-state index is 0.165. The van der Waals surface area contributed by atoms with Crippen molar-refractivity contribution in [3.05, 3.63) is 48.5 Å². The molecule has 0 amide bonds. The molecule has 0 spiro atoms. The van der Waals surface area contributed by atoms with E-state index in [1.54, 1.807) is 0 Å². The predicted octanol–water partition coefficient (Wildman–Crippen LogP) is 4.18. The van der Waals surface area contributed by atoms with E-state index >= 15 is 0 Å². The topological polar surface area (TPSA) is 17.0 Å². The molecule has 0 unspecified atom stereocenters. The molecule has 1 heterocycles. The number of aromatic nitrogens is 1. The summed E-state index contributed by atoms with van der Waals surface area (Å²) < 4.78 is 2.42. The van der Waals surface area contributed by atoms with E-state index in [9.17, 15) is 0 Å². The highest BCUT2D eigenvalue weighted by Gasteiger charge is 2.11. The van der Waals surface area contributed by atoms with Crippen molar-refractivity contribution >= 4 is 21.8 Å². The molecule has 2 aromatic carbocycles. The third-order valence-corrected chi connectivity index (χ3v) is 3.67. The van der Waals surface area contributed by atoms with Gasteiger partial charge in [0.15, 0.2) is 0 Å². The van der Waals surface area contributed by atoms with Crippen LogP contribution in [0.1, 0.15) is 20.8 Å². The fourth-order valence-corrected chi connectivity index (χ4v) is 2.79. The summed E-state index contributed by atoms with van der Waals surface area (Å²) in [5.74, 6) is 0. The van der Waals surface area contributed by atoms with E-state index in [1.165, 1.54) is 21.8 Å². The number of rotatable bonds is 3. The quantitative estimate of drug-likeness (QED) is 0.752. The van der Waals surface area contributed by atoms with E-state index in [4.69, 9.17) is 0 Å². The molecule has 0 radical (unpaired) electrons. The minimum atomic E-state index is 0.165. The third-order valence-electron chi connectivity index (χ3n) is 3.67. The van der Waals surface area contributed by atoms with Gasteiger partial charge in [-0.15, -0.1) is 0 Å². The van der Waals surface area contributed by atoms with Crippen molar-refractivity contribution in [3.8, 4) is 0 Å². The predicted molar refractivity (Wildman–Crippen MR) is 87.2 cm³/mol. The Hall–Kier alpha value is -1.80. The highest BCUT2D eigenvalue weighted by molar-refractivity contribution is 6.07. The summed E-state index contributed by atoms with van der Waals surface area (Å²) >= 11 is 0. The van der Waals surface area contributed by atoms with Crippen LogP contribution in [0.2, 0.25) is 0 Å². The van der Waals surface area contributed by atoms with Crippen molar-refractivity contribution < 1.29 is 0 Å². The van der Waals surface area contributed by atoms with Crippen molar-refractivity contribution in [2.24, 2.45) is 0 Å². The molecule has 0 aliphatic heterocycles. The van der Waals surface area contributed by atoms with Gasteiger partial charge >= 0.3 is 0 Å². The molecule has 0 aliphatic carbocycles. The molecule has 3 rings (SSSR count). The Morgan fingerprint density at radius 3 is 1.85 bits per heavy atom. The van der Waals surface area contributed by atoms with Crippen LogP contribution in [0.4, 0.5) is 0 Å². The molecule has 0 fully saturated rings. The molecule has 1 N–H and O–H groups in total. The summed E-state index contributed by atoms with van der Waals surface area (Å²) in [7, 11) is 0. The zero-order chi connectivity index (χ0) is 14.2. The average Bonchev–Trinajstić information content (AvgIpc) is 2.73. The molecule has 0 aliphatic rings. The Bertz CT molecular complexity index is 679. The van der Waals surface area contributed by atoms with E-state index in [0.717, 1.165) is 13.1 Å². The molecule has 0 bridgehead atoms. The Kier molecular flexibility index (Phi) is 3.27. The largest absolute Gasteiger partial charge is 0.339 e. The van der Waals surface area contributed by atoms with Gasteiger partial charge in [0.1, 0.15) is 0 Å². The van der Waals surface area contributed by atoms with Crippen molar-refractivity contribution in [1.29, 1.82) is 0 Å². The van der Waals surface area contributed by atoms with Crippen LogP contribution < -0.4 is 5.32 Å². The Morgan fingerprint density at radius 2 is 1.35 bits per heavy atom. The third kappa shape index (κ3) is 2.44. The second-order valence-corrected chi connectivity index (χ2v) is 6.36. The second-order valence-electron chi connectivity index (χ2n) is 6.36. The summed E-state index contributed by atoms with van der Waals surface area (Å²) in [6.45, 7) is 8.59. The maximum atomic E-state index is 3.57. The van der Waals surface area contributed by atoms with Crippen LogP contribution in [0.15, 0.2) is 48.5 Å². The molecule has 2 nitrogen and oxygen atoms in total. The lowest BCUT2D eigenvalue weighted by molar-refractivity contribution is 0.416. The number of benzene rings is 2. The molecular formula is C18H22N2. The first-order valence-electron chi connectivity index (χ1n) is 7.27. The van der Waals surface area contributed by atoms with Gasteiger partial charge in [-0.05, 0) is 32.9 Å². The van der Waals surface area contributed by atoms with Crippen LogP contribution in [0.25, 0.3) is 21.8 Å². The first-order chi connectivity index (χ1) is 9.56. The fraction of sp³-hybridized carbons (Fsp3) is 0.333. The molecular weight excluding hydrogens is 244 g/mol. The van der Waals surface area contributed by atoms with Crippen molar-refractivity contribution in [3.63, 3.8) is 0 Å². The van der Waals surface area contributed by atoms with Crippen LogP contribution in [0.3, 0.4) is 0 Å². The zero-order valence-corrected chi connectivity index (χ0v) is 12.5. The highest BCUT2D eigenvalue weighted by Crippen LogP contribution is 2.28. The maximum absolute atomic E-state index is 3.57. The second kappa shape index (κ2) is 4.95. The number of hydrogen-bond acceptors (Lipinski definition) is 1. The lowest BCUT2D eigenvalue weighted by Gasteiger charge is -2.21. The summed E-state index contributed by atoms with van der Waals surface area (Å²) in [5.41, 5.74) is 2.81. The van der Waals surface area contributed by atoms with Crippen LogP contribution in [0, 0.1) is 0 Å². The number of nitrogens with one attached hydrogen (secondary N) is 1. The highest BCUT2D eigenvalue weighted by atomic mass is 15.0. The van der Waals surface area contributed by atoms with E-state index in [2.05, 4.69) is 79.2 Å². The van der Waals surface area contributed by atoms with Gasteiger partial charge in [-0.3, -0.25) is 0 Å². The van der Waals surface area contributed by atoms with Crippen molar-refractivity contribution in [1.82, 2.24) is 9.88 Å². The van der Waals surface area contributed by atoms with E-state index in [1.807, 2.05) is 0 Å². The number of nitrogens with zero attached hydrogens (tertiary/aromatic N) is 1. The number of fused-ring (bicyclic) bond motifs is 3. The monoisotopic (exact) mass is 266 g/mol. The molecule has 1 aromatic heterocycles. The lowest BCUT2D eigenvalue weighted by atomic mass is 10.1. The Morgan fingerprint density at radius 1 is 0.850 bits per heavy atom. The van der Waals surface area contributed by atoms with E-state index < -0.39 is 0 Å². The molecule has 0 atom stereocenters. The van der Waals surface area contributed by atoms with Gasteiger partial charge < -0.3 is 9.88 Å². The molecule has 3 aromatic rings. The Labute approximate surface area is 120 Å². The van der Waals surface area contributed by atoms with Gasteiger partial charge in [0.2, 0.25) is 0 Å². The van der Waals surface area contributed by atoms with Crippen LogP contribution >= 0.6 is 0 Å². The maximum Gasteiger partial charge on any atom is 0.0491 e. The molecule has 0 saturated carbocycles. The fourth-order valence-electron chi connectivity index (χ4n) is 2.79. The SMILES string of the molecule is CC(C)(C)NCCn1c2ccccc2c2ccccc21. The van der Waals surface area contributed by atoms with Crippen molar-refractivity contribution in [2.45, 2.75) is 32.9 Å². The molecule has 0 saturated heterocycles.